The van der Waals surface area contributed by atoms with Crippen LogP contribution in [0.3, 0.4) is 0 Å². The Kier molecular flexibility index (Phi) is 2.08. The predicted molar refractivity (Wildman–Crippen MR) is 58.7 cm³/mol. The summed E-state index contributed by atoms with van der Waals surface area (Å²) in [4.78, 5) is 5.30. The number of hydrogen-bond acceptors (Lipinski definition) is 6. The first-order valence-corrected chi connectivity index (χ1v) is 5.86. The molecule has 3 aromatic rings. The maximum atomic E-state index is 4.82. The van der Waals surface area contributed by atoms with Gasteiger partial charge in [0.15, 0.2) is 0 Å². The summed E-state index contributed by atoms with van der Waals surface area (Å²) in [6.45, 7) is 0. The first-order chi connectivity index (χ1) is 7.45. The molecule has 3 rings (SSSR count). The smallest absolute Gasteiger partial charge is 0.135 e. The van der Waals surface area contributed by atoms with E-state index in [0.717, 1.165) is 21.1 Å². The molecule has 3 aromatic heterocycles. The van der Waals surface area contributed by atoms with E-state index >= 15 is 0 Å². The summed E-state index contributed by atoms with van der Waals surface area (Å²) in [6.07, 6.45) is 5.13. The molecule has 0 bridgehead atoms. The predicted octanol–water partition coefficient (Wildman–Crippen LogP) is 2.92. The van der Waals surface area contributed by atoms with Gasteiger partial charge in [-0.3, -0.25) is 0 Å². The number of aromatic nitrogens is 3. The van der Waals surface area contributed by atoms with Crippen molar-refractivity contribution in [2.75, 3.05) is 0 Å². The van der Waals surface area contributed by atoms with Gasteiger partial charge in [-0.15, -0.1) is 11.3 Å². The van der Waals surface area contributed by atoms with Crippen molar-refractivity contribution < 1.29 is 4.52 Å². The topological polar surface area (TPSA) is 51.8 Å². The molecule has 0 aromatic carbocycles. The summed E-state index contributed by atoms with van der Waals surface area (Å²) in [6, 6.07) is 1.82. The van der Waals surface area contributed by atoms with Crippen molar-refractivity contribution in [3.63, 3.8) is 0 Å². The SMILES string of the molecule is c1csc(-c2sncc2-c2ccon2)n1. The highest BCUT2D eigenvalue weighted by Crippen LogP contribution is 2.35. The fraction of sp³-hybridized carbons (Fsp3) is 0. The minimum atomic E-state index is 0.800. The Morgan fingerprint density at radius 1 is 1.33 bits per heavy atom. The van der Waals surface area contributed by atoms with Gasteiger partial charge >= 0.3 is 0 Å². The second-order valence-electron chi connectivity index (χ2n) is 2.79. The van der Waals surface area contributed by atoms with E-state index in [1.165, 1.54) is 11.5 Å². The zero-order valence-electron chi connectivity index (χ0n) is 7.45. The van der Waals surface area contributed by atoms with Crippen LogP contribution >= 0.6 is 22.9 Å². The average molecular weight is 235 g/mol. The van der Waals surface area contributed by atoms with Gasteiger partial charge in [-0.05, 0) is 11.5 Å². The second-order valence-corrected chi connectivity index (χ2v) is 4.49. The van der Waals surface area contributed by atoms with Crippen LogP contribution in [0.4, 0.5) is 0 Å². The number of rotatable bonds is 2. The first kappa shape index (κ1) is 8.75. The minimum absolute atomic E-state index is 0.800. The quantitative estimate of drug-likeness (QED) is 0.685. The van der Waals surface area contributed by atoms with Crippen molar-refractivity contribution in [2.24, 2.45) is 0 Å². The molecule has 0 spiro atoms. The normalized spacial score (nSPS) is 10.7. The van der Waals surface area contributed by atoms with Gasteiger partial charge in [0.05, 0.1) is 11.1 Å². The Morgan fingerprint density at radius 2 is 2.33 bits per heavy atom. The number of nitrogens with zero attached hydrogens (tertiary/aromatic N) is 3. The van der Waals surface area contributed by atoms with Crippen LogP contribution in [0.1, 0.15) is 0 Å². The molecular weight excluding hydrogens is 230 g/mol. The molecule has 3 heterocycles. The number of hydrogen-bond donors (Lipinski definition) is 0. The van der Waals surface area contributed by atoms with Crippen molar-refractivity contribution in [3.8, 4) is 21.1 Å². The van der Waals surface area contributed by atoms with E-state index in [1.54, 1.807) is 30.0 Å². The third-order valence-electron chi connectivity index (χ3n) is 1.91. The largest absolute Gasteiger partial charge is 0.364 e. The van der Waals surface area contributed by atoms with Crippen LogP contribution in [-0.4, -0.2) is 14.5 Å². The second kappa shape index (κ2) is 3.56. The molecule has 0 saturated carbocycles. The third-order valence-corrected chi connectivity index (χ3v) is 3.64. The van der Waals surface area contributed by atoms with Gasteiger partial charge in [-0.1, -0.05) is 5.16 Å². The molecule has 0 saturated heterocycles. The Hall–Kier alpha value is -1.53. The Bertz CT molecular complexity index is 493. The summed E-state index contributed by atoms with van der Waals surface area (Å²) in [7, 11) is 0. The van der Waals surface area contributed by atoms with E-state index in [2.05, 4.69) is 14.5 Å². The van der Waals surface area contributed by atoms with Crippen LogP contribution in [0.2, 0.25) is 0 Å². The molecule has 0 fully saturated rings. The van der Waals surface area contributed by atoms with Gasteiger partial charge < -0.3 is 4.52 Å². The van der Waals surface area contributed by atoms with Gasteiger partial charge in [0, 0.05) is 23.2 Å². The van der Waals surface area contributed by atoms with Gasteiger partial charge in [0.1, 0.15) is 17.0 Å². The highest BCUT2D eigenvalue weighted by Gasteiger charge is 2.14. The van der Waals surface area contributed by atoms with Crippen LogP contribution in [0.5, 0.6) is 0 Å². The first-order valence-electron chi connectivity index (χ1n) is 4.20. The van der Waals surface area contributed by atoms with Gasteiger partial charge in [-0.2, -0.15) is 4.37 Å². The van der Waals surface area contributed by atoms with Gasteiger partial charge in [-0.25, -0.2) is 4.98 Å². The van der Waals surface area contributed by atoms with Crippen LogP contribution < -0.4 is 0 Å². The summed E-state index contributed by atoms with van der Waals surface area (Å²) in [5.74, 6) is 0. The van der Waals surface area contributed by atoms with Crippen molar-refractivity contribution in [3.05, 3.63) is 30.1 Å². The molecule has 0 aliphatic rings. The average Bonchev–Trinajstić information content (AvgIpc) is 3.01. The van der Waals surface area contributed by atoms with Crippen LogP contribution in [0.15, 0.2) is 34.6 Å². The van der Waals surface area contributed by atoms with Gasteiger partial charge in [0.25, 0.3) is 0 Å². The summed E-state index contributed by atoms with van der Waals surface area (Å²) < 4.78 is 8.98. The maximum Gasteiger partial charge on any atom is 0.135 e. The molecule has 0 radical (unpaired) electrons. The standard InChI is InChI=1S/C9H5N3OS2/c1-3-13-12-7(1)6-5-11-15-8(6)9-10-2-4-14-9/h1-5H. The van der Waals surface area contributed by atoms with Crippen LogP contribution in [0.25, 0.3) is 21.1 Å². The highest BCUT2D eigenvalue weighted by atomic mass is 32.1. The molecule has 0 amide bonds. The molecule has 0 N–H and O–H groups in total. The van der Waals surface area contributed by atoms with Crippen LogP contribution in [-0.2, 0) is 0 Å². The van der Waals surface area contributed by atoms with Crippen molar-refractivity contribution >= 4 is 22.9 Å². The fourth-order valence-corrected chi connectivity index (χ4v) is 2.76. The summed E-state index contributed by atoms with van der Waals surface area (Å²) in [5, 5.41) is 6.81. The van der Waals surface area contributed by atoms with E-state index < -0.39 is 0 Å². The molecule has 15 heavy (non-hydrogen) atoms. The van der Waals surface area contributed by atoms with E-state index in [-0.39, 0.29) is 0 Å². The Labute approximate surface area is 93.4 Å². The minimum Gasteiger partial charge on any atom is -0.364 e. The van der Waals surface area contributed by atoms with Crippen molar-refractivity contribution in [2.45, 2.75) is 0 Å². The van der Waals surface area contributed by atoms with E-state index in [9.17, 15) is 0 Å². The van der Waals surface area contributed by atoms with E-state index in [0.29, 0.717) is 0 Å². The molecule has 0 atom stereocenters. The zero-order chi connectivity index (χ0) is 10.1. The molecule has 74 valence electrons. The van der Waals surface area contributed by atoms with Crippen molar-refractivity contribution in [1.29, 1.82) is 0 Å². The lowest BCUT2D eigenvalue weighted by Crippen LogP contribution is -1.76. The lowest BCUT2D eigenvalue weighted by atomic mass is 10.2. The number of thiazole rings is 1. The van der Waals surface area contributed by atoms with E-state index in [1.807, 2.05) is 11.4 Å². The van der Waals surface area contributed by atoms with Gasteiger partial charge in [0.2, 0.25) is 0 Å². The molecule has 0 aliphatic heterocycles. The van der Waals surface area contributed by atoms with Crippen LogP contribution in [0, 0.1) is 0 Å². The maximum absolute atomic E-state index is 4.82. The Morgan fingerprint density at radius 3 is 3.07 bits per heavy atom. The highest BCUT2D eigenvalue weighted by molar-refractivity contribution is 7.18. The lowest BCUT2D eigenvalue weighted by Gasteiger charge is -1.93. The summed E-state index contributed by atoms with van der Waals surface area (Å²) in [5.41, 5.74) is 1.78. The molecule has 6 heteroatoms. The van der Waals surface area contributed by atoms with E-state index in [4.69, 9.17) is 4.52 Å². The fourth-order valence-electron chi connectivity index (χ4n) is 1.26. The molecule has 0 unspecified atom stereocenters. The molecule has 0 aliphatic carbocycles. The van der Waals surface area contributed by atoms with Crippen molar-refractivity contribution in [1.82, 2.24) is 14.5 Å². The summed E-state index contributed by atoms with van der Waals surface area (Å²) >= 11 is 3.01. The molecule has 4 nitrogen and oxygen atoms in total. The monoisotopic (exact) mass is 235 g/mol. The molecular formula is C9H5N3OS2. The third kappa shape index (κ3) is 1.47. The Balaban J connectivity index is 2.15. The zero-order valence-corrected chi connectivity index (χ0v) is 9.09. The lowest BCUT2D eigenvalue weighted by molar-refractivity contribution is 0.422.